The van der Waals surface area contributed by atoms with Gasteiger partial charge in [-0.3, -0.25) is 9.59 Å². The van der Waals surface area contributed by atoms with Crippen molar-refractivity contribution in [2.75, 3.05) is 164 Å². The van der Waals surface area contributed by atoms with Crippen LogP contribution in [0, 0.1) is 23.7 Å². The summed E-state index contributed by atoms with van der Waals surface area (Å²) in [4.78, 5) is 48.4. The number of likely N-dealkylation sites (tertiary alicyclic amines) is 4. The number of piperidine rings is 4. The van der Waals surface area contributed by atoms with Crippen molar-refractivity contribution in [2.45, 2.75) is 180 Å². The van der Waals surface area contributed by atoms with E-state index in [0.717, 1.165) is 244 Å². The van der Waals surface area contributed by atoms with Gasteiger partial charge in [0.05, 0.1) is 74.3 Å². The quantitative estimate of drug-likeness (QED) is 0.0283. The van der Waals surface area contributed by atoms with Gasteiger partial charge in [0.1, 0.15) is 0 Å². The molecule has 8 aromatic carbocycles. The summed E-state index contributed by atoms with van der Waals surface area (Å²) in [5.41, 5.74) is 15.5. The first-order valence-electron chi connectivity index (χ1n) is 45.5. The summed E-state index contributed by atoms with van der Waals surface area (Å²) in [6.07, 6.45) is 1.09. The Labute approximate surface area is 768 Å². The predicted molar refractivity (Wildman–Crippen MR) is 498 cm³/mol. The molecule has 698 valence electrons. The molecule has 129 heavy (non-hydrogen) atoms. The lowest BCUT2D eigenvalue weighted by Crippen LogP contribution is -2.41. The number of alkyl halides is 12. The SMILES string of the molecule is CC(=O)NCCN1CCC(CCCN2c3ccccc3Sc3ccc(C(F)(F)F)cc32)CC1.CNCC(=O)NCCN1CCC(CCCN2c3ccccc3Sc3ccc(C(F)(F)F)cc32)CC1.NCCCN1CCC(CCCN2c3ccccc3Sc3ccc(C(F)(F)F)cc32)CC1.NCCN1CCC(CCCN2c3ccccc3Sc3ccc(C(F)(F)F)cc32)CC1. The number of anilines is 8. The fourth-order valence-corrected chi connectivity index (χ4v) is 22.9. The van der Waals surface area contributed by atoms with E-state index in [1.165, 1.54) is 105 Å². The van der Waals surface area contributed by atoms with Crippen molar-refractivity contribution in [1.29, 1.82) is 0 Å². The Morgan fingerprint density at radius 1 is 0.326 bits per heavy atom. The Morgan fingerprint density at radius 2 is 0.581 bits per heavy atom. The average molecular weight is 1870 g/mol. The molecule has 0 atom stereocenters. The Morgan fingerprint density at radius 3 is 0.837 bits per heavy atom. The minimum atomic E-state index is -4.36. The van der Waals surface area contributed by atoms with Crippen LogP contribution in [0.1, 0.15) is 138 Å². The fraction of sp³-hybridized carbons (Fsp3) is 0.490. The Kier molecular flexibility index (Phi) is 35.7. The molecule has 0 aliphatic carbocycles. The van der Waals surface area contributed by atoms with Crippen molar-refractivity contribution in [1.82, 2.24) is 35.6 Å². The Balaban J connectivity index is 0.000000147. The highest BCUT2D eigenvalue weighted by atomic mass is 32.2. The van der Waals surface area contributed by atoms with Crippen molar-refractivity contribution >= 4 is 104 Å². The lowest BCUT2D eigenvalue weighted by atomic mass is 9.92. The normalized spacial score (nSPS) is 17.1. The number of benzene rings is 8. The summed E-state index contributed by atoms with van der Waals surface area (Å²) in [7, 11) is 1.76. The summed E-state index contributed by atoms with van der Waals surface area (Å²) in [5, 5.41) is 8.61. The second-order valence-electron chi connectivity index (χ2n) is 34.6. The van der Waals surface area contributed by atoms with Crippen LogP contribution in [0.15, 0.2) is 209 Å². The predicted octanol–water partition coefficient (Wildman–Crippen LogP) is 23.0. The van der Waals surface area contributed by atoms with Crippen LogP contribution in [0.25, 0.3) is 0 Å². The molecule has 0 aromatic heterocycles. The van der Waals surface area contributed by atoms with Gasteiger partial charge in [-0.25, -0.2) is 0 Å². The van der Waals surface area contributed by atoms with Gasteiger partial charge in [0.2, 0.25) is 11.8 Å². The molecule has 8 aliphatic rings. The van der Waals surface area contributed by atoms with E-state index >= 15 is 0 Å². The van der Waals surface area contributed by atoms with E-state index in [-0.39, 0.29) is 11.8 Å². The molecule has 8 aliphatic heterocycles. The third-order valence-electron chi connectivity index (χ3n) is 25.6. The highest BCUT2D eigenvalue weighted by molar-refractivity contribution is 8.00. The number of carbonyl (C=O) groups is 2. The van der Waals surface area contributed by atoms with Gasteiger partial charge in [0.15, 0.2) is 0 Å². The zero-order valence-electron chi connectivity index (χ0n) is 73.6. The van der Waals surface area contributed by atoms with Gasteiger partial charge >= 0.3 is 24.7 Å². The van der Waals surface area contributed by atoms with Crippen LogP contribution in [0.2, 0.25) is 0 Å². The van der Waals surface area contributed by atoms with Gasteiger partial charge in [-0.1, -0.05) is 95.6 Å². The van der Waals surface area contributed by atoms with Crippen LogP contribution in [-0.2, 0) is 34.3 Å². The number of halogens is 12. The van der Waals surface area contributed by atoms with E-state index in [1.54, 1.807) is 54.8 Å². The molecule has 0 saturated carbocycles. The Hall–Kier alpha value is -7.82. The maximum Gasteiger partial charge on any atom is 0.416 e. The number of hydrogen-bond donors (Lipinski definition) is 5. The summed E-state index contributed by atoms with van der Waals surface area (Å²) < 4.78 is 160. The van der Waals surface area contributed by atoms with E-state index < -0.39 is 47.0 Å². The molecule has 0 spiro atoms. The average Bonchev–Trinajstić information content (AvgIpc) is 0.779. The molecule has 4 saturated heterocycles. The van der Waals surface area contributed by atoms with Gasteiger partial charge in [-0.2, -0.15) is 52.7 Å². The molecule has 7 N–H and O–H groups in total. The minimum Gasteiger partial charge on any atom is -0.355 e. The van der Waals surface area contributed by atoms with E-state index in [0.29, 0.717) is 85.7 Å². The largest absolute Gasteiger partial charge is 0.416 e. The van der Waals surface area contributed by atoms with E-state index in [1.807, 2.05) is 97.1 Å². The molecule has 0 bridgehead atoms. The van der Waals surface area contributed by atoms with Crippen molar-refractivity contribution < 1.29 is 62.3 Å². The van der Waals surface area contributed by atoms with Crippen LogP contribution in [-0.4, -0.2) is 176 Å². The number of amides is 2. The minimum absolute atomic E-state index is 0.00602. The molecular weight excluding hydrogens is 1750 g/mol. The maximum atomic E-state index is 13.4. The topological polar surface area (TPSA) is 148 Å². The first kappa shape index (κ1) is 98.7. The lowest BCUT2D eigenvalue weighted by Gasteiger charge is -2.35. The number of rotatable bonds is 29. The summed E-state index contributed by atoms with van der Waals surface area (Å²) in [6.45, 7) is 19.9. The second kappa shape index (κ2) is 46.7. The molecule has 31 heteroatoms. The van der Waals surface area contributed by atoms with Gasteiger partial charge < -0.3 is 66.6 Å². The van der Waals surface area contributed by atoms with E-state index in [4.69, 9.17) is 11.5 Å². The number of nitrogens with two attached hydrogens (primary N) is 2. The molecule has 15 nitrogen and oxygen atoms in total. The lowest BCUT2D eigenvalue weighted by molar-refractivity contribution is -0.138. The number of hydrogen-bond acceptors (Lipinski definition) is 17. The fourth-order valence-electron chi connectivity index (χ4n) is 18.6. The van der Waals surface area contributed by atoms with Gasteiger partial charge in [0.25, 0.3) is 0 Å². The van der Waals surface area contributed by atoms with Crippen LogP contribution >= 0.6 is 47.0 Å². The smallest absolute Gasteiger partial charge is 0.355 e. The zero-order valence-corrected chi connectivity index (χ0v) is 76.8. The van der Waals surface area contributed by atoms with E-state index in [9.17, 15) is 62.3 Å². The molecule has 2 amide bonds. The van der Waals surface area contributed by atoms with Gasteiger partial charge in [-0.15, -0.1) is 0 Å². The molecule has 8 heterocycles. The third-order valence-corrected chi connectivity index (χ3v) is 30.2. The molecule has 0 unspecified atom stereocenters. The number of fused-ring (bicyclic) bond motifs is 8. The molecule has 4 fully saturated rings. The van der Waals surface area contributed by atoms with Crippen molar-refractivity contribution in [3.05, 3.63) is 192 Å². The van der Waals surface area contributed by atoms with Crippen LogP contribution < -0.4 is 47.0 Å². The summed E-state index contributed by atoms with van der Waals surface area (Å²) in [5.74, 6) is 2.67. The van der Waals surface area contributed by atoms with Crippen LogP contribution in [0.3, 0.4) is 0 Å². The number of nitrogens with one attached hydrogen (secondary N) is 3. The van der Waals surface area contributed by atoms with E-state index in [2.05, 4.69) is 55.1 Å². The van der Waals surface area contributed by atoms with Crippen LogP contribution in [0.4, 0.5) is 98.2 Å². The molecular formula is C98H121F12N13O2S4. The standard InChI is InChI=1S/C26H33F3N4OS.C25H30F3N3OS.C24H30F3N3S.C23H28F3N3S/c1-30-18-25(34)31-12-16-32-14-10-19(11-15-32)5-4-13-33-21-6-2-3-7-23(21)35-24-9-8-20(17-22(24)33)26(27,28)29;1-18(32)29-12-16-30-14-10-19(11-15-30)5-4-13-31-21-6-2-3-7-23(21)33-24-9-8-20(17-22(24)31)25(26,27)28;25-24(26,27)19-8-9-23-21(17-19)30(20-6-1-2-7-22(20)31-23)14-3-5-18-10-15-29(16-11-18)13-4-12-28;24-23(25,26)18-7-8-22-20(16-18)29(19-5-1-2-6-21(19)30-22)12-3-4-17-9-13-28(14-10-17)15-11-27/h2-3,6-9,17,19,30H,4-5,10-16,18H2,1H3,(H,31,34);2-3,6-9,17,19H,4-5,10-16H2,1H3,(H,29,32);1-2,6-9,17-18H,3-5,10-16,28H2;1-2,5-8,16-17H,3-4,9-15,27H2. The molecule has 0 radical (unpaired) electrons. The van der Waals surface area contributed by atoms with Gasteiger partial charge in [0, 0.05) is 112 Å². The highest BCUT2D eigenvalue weighted by Crippen LogP contribution is 2.55. The van der Waals surface area contributed by atoms with Gasteiger partial charge in [-0.05, 0) is 327 Å². The third kappa shape index (κ3) is 27.7. The first-order valence-corrected chi connectivity index (χ1v) is 48.8. The van der Waals surface area contributed by atoms with Crippen LogP contribution in [0.5, 0.6) is 0 Å². The summed E-state index contributed by atoms with van der Waals surface area (Å²) >= 11 is 6.17. The number of likely N-dealkylation sites (N-methyl/N-ethyl adjacent to an activating group) is 1. The van der Waals surface area contributed by atoms with Crippen molar-refractivity contribution in [3.63, 3.8) is 0 Å². The first-order chi connectivity index (χ1) is 62.1. The maximum absolute atomic E-state index is 13.4. The summed E-state index contributed by atoms with van der Waals surface area (Å²) in [6, 6.07) is 48.3. The Bertz CT molecular complexity index is 4940. The second-order valence-corrected chi connectivity index (χ2v) is 38.9. The number of carbonyl (C=O) groups excluding carboxylic acids is 2. The van der Waals surface area contributed by atoms with Crippen molar-refractivity contribution in [3.8, 4) is 0 Å². The molecule has 8 aromatic rings. The zero-order chi connectivity index (χ0) is 91.2. The monoisotopic (exact) mass is 1870 g/mol. The highest BCUT2D eigenvalue weighted by Gasteiger charge is 2.39. The van der Waals surface area contributed by atoms with Crippen molar-refractivity contribution in [2.24, 2.45) is 35.1 Å². The number of nitrogens with zero attached hydrogens (tertiary/aromatic N) is 8. The molecule has 16 rings (SSSR count). The number of para-hydroxylation sites is 4.